The Morgan fingerprint density at radius 2 is 1.88 bits per heavy atom. The Bertz CT molecular complexity index is 1150. The molecule has 0 unspecified atom stereocenters. The Morgan fingerprint density at radius 3 is 2.64 bits per heavy atom. The molecule has 0 aliphatic rings. The molecular formula is C19H11BrN2O3. The van der Waals surface area contributed by atoms with Crippen molar-refractivity contribution in [3.63, 3.8) is 0 Å². The van der Waals surface area contributed by atoms with Crippen molar-refractivity contribution in [3.05, 3.63) is 81.3 Å². The van der Waals surface area contributed by atoms with Crippen LogP contribution in [0.15, 0.2) is 74.5 Å². The SMILES string of the molecule is O=Cc1cn(-c2ccccc2)nc1-c1cc2cc(Br)ccc2oc1=O. The maximum atomic E-state index is 12.4. The highest BCUT2D eigenvalue weighted by molar-refractivity contribution is 9.10. The third-order valence-corrected chi connectivity index (χ3v) is 4.33. The molecule has 122 valence electrons. The lowest BCUT2D eigenvalue weighted by atomic mass is 10.1. The van der Waals surface area contributed by atoms with E-state index in [0.29, 0.717) is 23.1 Å². The Hall–Kier alpha value is -2.99. The highest BCUT2D eigenvalue weighted by atomic mass is 79.9. The average Bonchev–Trinajstić information content (AvgIpc) is 3.06. The van der Waals surface area contributed by atoms with Crippen LogP contribution in [0.5, 0.6) is 0 Å². The molecule has 0 atom stereocenters. The zero-order valence-electron chi connectivity index (χ0n) is 12.8. The van der Waals surface area contributed by atoms with Gasteiger partial charge in [-0.15, -0.1) is 0 Å². The van der Waals surface area contributed by atoms with E-state index in [1.165, 1.54) is 0 Å². The molecule has 0 saturated carbocycles. The summed E-state index contributed by atoms with van der Waals surface area (Å²) in [6, 6.07) is 16.4. The van der Waals surface area contributed by atoms with E-state index in [-0.39, 0.29) is 5.56 Å². The standard InChI is InChI=1S/C19H11BrN2O3/c20-14-6-7-17-12(8-14)9-16(19(24)25-17)18-13(11-23)10-22(21-18)15-4-2-1-3-5-15/h1-11H. The third kappa shape index (κ3) is 2.81. The molecule has 25 heavy (non-hydrogen) atoms. The van der Waals surface area contributed by atoms with Gasteiger partial charge in [-0.1, -0.05) is 34.1 Å². The van der Waals surface area contributed by atoms with E-state index >= 15 is 0 Å². The minimum atomic E-state index is -0.531. The van der Waals surface area contributed by atoms with Gasteiger partial charge in [0.1, 0.15) is 11.3 Å². The number of aromatic nitrogens is 2. The first-order valence-corrected chi connectivity index (χ1v) is 8.29. The predicted octanol–water partition coefficient (Wildman–Crippen LogP) is 4.22. The molecule has 0 spiro atoms. The van der Waals surface area contributed by atoms with Gasteiger partial charge in [0, 0.05) is 16.1 Å². The van der Waals surface area contributed by atoms with E-state index in [0.717, 1.165) is 15.5 Å². The van der Waals surface area contributed by atoms with Crippen molar-refractivity contribution < 1.29 is 9.21 Å². The summed E-state index contributed by atoms with van der Waals surface area (Å²) in [4.78, 5) is 23.9. The predicted molar refractivity (Wildman–Crippen MR) is 98.1 cm³/mol. The zero-order chi connectivity index (χ0) is 17.4. The molecule has 0 amide bonds. The van der Waals surface area contributed by atoms with Gasteiger partial charge in [-0.3, -0.25) is 4.79 Å². The number of halogens is 1. The lowest BCUT2D eigenvalue weighted by Crippen LogP contribution is -2.05. The first-order valence-electron chi connectivity index (χ1n) is 7.50. The lowest BCUT2D eigenvalue weighted by molar-refractivity contribution is 0.112. The molecule has 0 fully saturated rings. The molecule has 2 aromatic heterocycles. The van der Waals surface area contributed by atoms with Crippen LogP contribution < -0.4 is 5.63 Å². The van der Waals surface area contributed by atoms with Gasteiger partial charge in [0.25, 0.3) is 0 Å². The van der Waals surface area contributed by atoms with Gasteiger partial charge in [-0.25, -0.2) is 9.48 Å². The van der Waals surface area contributed by atoms with Crippen molar-refractivity contribution in [2.24, 2.45) is 0 Å². The summed E-state index contributed by atoms with van der Waals surface area (Å²) in [5, 5.41) is 5.17. The highest BCUT2D eigenvalue weighted by Gasteiger charge is 2.17. The van der Waals surface area contributed by atoms with E-state index in [1.807, 2.05) is 36.4 Å². The van der Waals surface area contributed by atoms with Crippen LogP contribution in [0, 0.1) is 0 Å². The molecule has 0 radical (unpaired) electrons. The summed E-state index contributed by atoms with van der Waals surface area (Å²) < 4.78 is 7.81. The Labute approximate surface area is 150 Å². The first kappa shape index (κ1) is 15.5. The van der Waals surface area contributed by atoms with Crippen LogP contribution in [0.1, 0.15) is 10.4 Å². The number of nitrogens with zero attached hydrogens (tertiary/aromatic N) is 2. The highest BCUT2D eigenvalue weighted by Crippen LogP contribution is 2.25. The van der Waals surface area contributed by atoms with Gasteiger partial charge in [0.2, 0.25) is 0 Å². The second-order valence-electron chi connectivity index (χ2n) is 5.46. The van der Waals surface area contributed by atoms with Gasteiger partial charge < -0.3 is 4.42 Å². The first-order chi connectivity index (χ1) is 12.2. The number of hydrogen-bond donors (Lipinski definition) is 0. The molecule has 4 rings (SSSR count). The molecule has 6 heteroatoms. The molecule has 2 heterocycles. The number of aldehydes is 1. The molecule has 2 aromatic carbocycles. The van der Waals surface area contributed by atoms with E-state index in [2.05, 4.69) is 21.0 Å². The second-order valence-corrected chi connectivity index (χ2v) is 6.38. The van der Waals surface area contributed by atoms with Crippen molar-refractivity contribution in [1.82, 2.24) is 9.78 Å². The minimum Gasteiger partial charge on any atom is -0.422 e. The molecule has 0 bridgehead atoms. The molecule has 0 saturated heterocycles. The van der Waals surface area contributed by atoms with Crippen molar-refractivity contribution in [3.8, 4) is 16.9 Å². The van der Waals surface area contributed by atoms with Crippen LogP contribution in [0.25, 0.3) is 27.9 Å². The maximum absolute atomic E-state index is 12.4. The molecule has 4 aromatic rings. The lowest BCUT2D eigenvalue weighted by Gasteiger charge is -2.02. The molecular weight excluding hydrogens is 384 g/mol. The van der Waals surface area contributed by atoms with Crippen LogP contribution in [0.4, 0.5) is 0 Å². The molecule has 0 aliphatic heterocycles. The van der Waals surface area contributed by atoms with Crippen molar-refractivity contribution in [2.75, 3.05) is 0 Å². The fourth-order valence-corrected chi connectivity index (χ4v) is 3.03. The number of fused-ring (bicyclic) bond motifs is 1. The number of hydrogen-bond acceptors (Lipinski definition) is 4. The fourth-order valence-electron chi connectivity index (χ4n) is 2.66. The van der Waals surface area contributed by atoms with Crippen molar-refractivity contribution >= 4 is 33.2 Å². The van der Waals surface area contributed by atoms with Crippen LogP contribution in [0.2, 0.25) is 0 Å². The topological polar surface area (TPSA) is 65.1 Å². The van der Waals surface area contributed by atoms with Crippen molar-refractivity contribution in [2.45, 2.75) is 0 Å². The van der Waals surface area contributed by atoms with E-state index in [4.69, 9.17) is 4.42 Å². The summed E-state index contributed by atoms with van der Waals surface area (Å²) in [5.41, 5.74) is 1.62. The molecule has 0 aliphatic carbocycles. The van der Waals surface area contributed by atoms with Crippen LogP contribution in [0.3, 0.4) is 0 Å². The van der Waals surface area contributed by atoms with E-state index in [1.54, 1.807) is 29.1 Å². The van der Waals surface area contributed by atoms with Gasteiger partial charge in [0.05, 0.1) is 16.8 Å². The van der Waals surface area contributed by atoms with E-state index in [9.17, 15) is 9.59 Å². The van der Waals surface area contributed by atoms with Gasteiger partial charge >= 0.3 is 5.63 Å². The summed E-state index contributed by atoms with van der Waals surface area (Å²) in [5.74, 6) is 0. The van der Waals surface area contributed by atoms with Crippen molar-refractivity contribution in [1.29, 1.82) is 0 Å². The Kier molecular flexibility index (Phi) is 3.82. The zero-order valence-corrected chi connectivity index (χ0v) is 14.4. The monoisotopic (exact) mass is 394 g/mol. The van der Waals surface area contributed by atoms with Gasteiger partial charge in [-0.05, 0) is 36.4 Å². The summed E-state index contributed by atoms with van der Waals surface area (Å²) >= 11 is 3.40. The quantitative estimate of drug-likeness (QED) is 0.385. The Morgan fingerprint density at radius 1 is 1.08 bits per heavy atom. The van der Waals surface area contributed by atoms with E-state index < -0.39 is 5.63 Å². The second kappa shape index (κ2) is 6.14. The van der Waals surface area contributed by atoms with Gasteiger partial charge in [0.15, 0.2) is 6.29 Å². The number of para-hydroxylation sites is 1. The summed E-state index contributed by atoms with van der Waals surface area (Å²) in [7, 11) is 0. The number of benzene rings is 2. The maximum Gasteiger partial charge on any atom is 0.345 e. The minimum absolute atomic E-state index is 0.252. The van der Waals surface area contributed by atoms with Crippen LogP contribution >= 0.6 is 15.9 Å². The normalized spacial score (nSPS) is 10.9. The smallest absolute Gasteiger partial charge is 0.345 e. The summed E-state index contributed by atoms with van der Waals surface area (Å²) in [6.45, 7) is 0. The third-order valence-electron chi connectivity index (χ3n) is 3.84. The van der Waals surface area contributed by atoms with Crippen LogP contribution in [-0.4, -0.2) is 16.1 Å². The summed E-state index contributed by atoms with van der Waals surface area (Å²) in [6.07, 6.45) is 2.29. The number of rotatable bonds is 3. The number of carbonyl (C=O) groups excluding carboxylic acids is 1. The number of carbonyl (C=O) groups is 1. The average molecular weight is 395 g/mol. The molecule has 0 N–H and O–H groups in total. The fraction of sp³-hybridized carbons (Fsp3) is 0. The largest absolute Gasteiger partial charge is 0.422 e. The molecule has 5 nitrogen and oxygen atoms in total. The van der Waals surface area contributed by atoms with Crippen LogP contribution in [-0.2, 0) is 0 Å². The van der Waals surface area contributed by atoms with Gasteiger partial charge in [-0.2, -0.15) is 5.10 Å². The Balaban J connectivity index is 1.94.